The van der Waals surface area contributed by atoms with Crippen LogP contribution < -0.4 is 10.1 Å². The van der Waals surface area contributed by atoms with Crippen LogP contribution in [0.5, 0.6) is 6.01 Å². The van der Waals surface area contributed by atoms with Crippen molar-refractivity contribution in [2.24, 2.45) is 0 Å². The van der Waals surface area contributed by atoms with E-state index in [4.69, 9.17) is 21.1 Å². The average molecular weight is 261 g/mol. The molecule has 1 aromatic heterocycles. The molecule has 6 nitrogen and oxygen atoms in total. The van der Waals surface area contributed by atoms with Gasteiger partial charge in [0.1, 0.15) is 6.61 Å². The van der Waals surface area contributed by atoms with Gasteiger partial charge in [0, 0.05) is 13.2 Å². The molecule has 0 radical (unpaired) electrons. The topological polar surface area (TPSA) is 69.2 Å². The summed E-state index contributed by atoms with van der Waals surface area (Å²) < 4.78 is 10.4. The van der Waals surface area contributed by atoms with Crippen LogP contribution in [-0.4, -0.2) is 41.3 Å². The number of hydrogen-bond acceptors (Lipinski definition) is 6. The summed E-state index contributed by atoms with van der Waals surface area (Å²) >= 11 is 5.76. The first-order valence-corrected chi connectivity index (χ1v) is 6.00. The summed E-state index contributed by atoms with van der Waals surface area (Å²) in [5.74, 6) is 0.429. The average Bonchev–Trinajstić information content (AvgIpc) is 2.31. The third kappa shape index (κ3) is 5.65. The van der Waals surface area contributed by atoms with Crippen LogP contribution in [0.15, 0.2) is 0 Å². The number of hydrogen-bond donors (Lipinski definition) is 1. The lowest BCUT2D eigenvalue weighted by Crippen LogP contribution is -2.11. The number of ether oxygens (including phenoxy) is 2. The monoisotopic (exact) mass is 260 g/mol. The predicted molar refractivity (Wildman–Crippen MR) is 65.6 cm³/mol. The minimum absolute atomic E-state index is 0.116. The first-order valence-electron chi connectivity index (χ1n) is 5.62. The fourth-order valence-electron chi connectivity index (χ4n) is 1.05. The Morgan fingerprint density at radius 1 is 1.18 bits per heavy atom. The molecule has 0 unspecified atom stereocenters. The maximum absolute atomic E-state index is 5.76. The van der Waals surface area contributed by atoms with Crippen molar-refractivity contribution in [1.82, 2.24) is 15.0 Å². The van der Waals surface area contributed by atoms with Gasteiger partial charge in [0.2, 0.25) is 11.2 Å². The first-order chi connectivity index (χ1) is 8.26. The maximum Gasteiger partial charge on any atom is 0.322 e. The van der Waals surface area contributed by atoms with E-state index in [1.165, 1.54) is 0 Å². The minimum atomic E-state index is 0.116. The number of rotatable bonds is 8. The van der Waals surface area contributed by atoms with E-state index in [0.717, 1.165) is 13.0 Å². The molecule has 1 heterocycles. The molecule has 0 fully saturated rings. The summed E-state index contributed by atoms with van der Waals surface area (Å²) in [4.78, 5) is 11.9. The molecule has 0 amide bonds. The molecule has 1 aromatic rings. The van der Waals surface area contributed by atoms with Gasteiger partial charge in [-0.25, -0.2) is 0 Å². The molecule has 1 N–H and O–H groups in total. The normalized spacial score (nSPS) is 10.3. The van der Waals surface area contributed by atoms with Crippen LogP contribution in [-0.2, 0) is 4.74 Å². The van der Waals surface area contributed by atoms with Crippen molar-refractivity contribution in [1.29, 1.82) is 0 Å². The van der Waals surface area contributed by atoms with Gasteiger partial charge in [-0.15, -0.1) is 0 Å². The van der Waals surface area contributed by atoms with Gasteiger partial charge in [-0.2, -0.15) is 15.0 Å². The van der Waals surface area contributed by atoms with Crippen molar-refractivity contribution in [2.75, 3.05) is 31.7 Å². The molecule has 0 aliphatic carbocycles. The second kappa shape index (κ2) is 8.03. The zero-order valence-electron chi connectivity index (χ0n) is 10.1. The SMILES string of the molecule is CCCNc1nc(Cl)nc(OCCOCC)n1. The highest BCUT2D eigenvalue weighted by molar-refractivity contribution is 6.28. The van der Waals surface area contributed by atoms with Gasteiger partial charge < -0.3 is 14.8 Å². The van der Waals surface area contributed by atoms with Crippen molar-refractivity contribution in [3.05, 3.63) is 5.28 Å². The predicted octanol–water partition coefficient (Wildman–Crippen LogP) is 1.76. The highest BCUT2D eigenvalue weighted by Crippen LogP contribution is 2.11. The van der Waals surface area contributed by atoms with Gasteiger partial charge in [-0.3, -0.25) is 0 Å². The summed E-state index contributed by atoms with van der Waals surface area (Å²) in [6.45, 7) is 6.30. The fraction of sp³-hybridized carbons (Fsp3) is 0.700. The summed E-state index contributed by atoms with van der Waals surface area (Å²) in [6.07, 6.45) is 0.976. The van der Waals surface area contributed by atoms with Crippen molar-refractivity contribution in [3.8, 4) is 6.01 Å². The zero-order valence-corrected chi connectivity index (χ0v) is 10.8. The highest BCUT2D eigenvalue weighted by Gasteiger charge is 2.05. The van der Waals surface area contributed by atoms with Crippen molar-refractivity contribution < 1.29 is 9.47 Å². The molecule has 0 saturated carbocycles. The summed E-state index contributed by atoms with van der Waals surface area (Å²) in [5.41, 5.74) is 0. The second-order valence-corrected chi connectivity index (χ2v) is 3.52. The quantitative estimate of drug-likeness (QED) is 0.719. The van der Waals surface area contributed by atoms with Crippen molar-refractivity contribution in [2.45, 2.75) is 20.3 Å². The van der Waals surface area contributed by atoms with Crippen LogP contribution in [0.3, 0.4) is 0 Å². The minimum Gasteiger partial charge on any atom is -0.461 e. The van der Waals surface area contributed by atoms with E-state index in [9.17, 15) is 0 Å². The van der Waals surface area contributed by atoms with Gasteiger partial charge in [0.15, 0.2) is 0 Å². The standard InChI is InChI=1S/C10H17ClN4O2/c1-3-5-12-9-13-8(11)14-10(15-9)17-7-6-16-4-2/h3-7H2,1-2H3,(H,12,13,14,15). The van der Waals surface area contributed by atoms with Crippen LogP contribution in [0, 0.1) is 0 Å². The lowest BCUT2D eigenvalue weighted by molar-refractivity contribution is 0.106. The number of aromatic nitrogens is 3. The fourth-order valence-corrected chi connectivity index (χ4v) is 1.20. The molecule has 96 valence electrons. The first kappa shape index (κ1) is 13.9. The van der Waals surface area contributed by atoms with Crippen LogP contribution in [0.25, 0.3) is 0 Å². The van der Waals surface area contributed by atoms with Gasteiger partial charge in [0.05, 0.1) is 6.61 Å². The zero-order chi connectivity index (χ0) is 12.5. The Morgan fingerprint density at radius 2 is 2.00 bits per heavy atom. The molecular weight excluding hydrogens is 244 g/mol. The van der Waals surface area contributed by atoms with Crippen LogP contribution in [0.4, 0.5) is 5.95 Å². The third-order valence-corrected chi connectivity index (χ3v) is 1.95. The van der Waals surface area contributed by atoms with E-state index in [1.807, 2.05) is 6.92 Å². The van der Waals surface area contributed by atoms with E-state index in [0.29, 0.717) is 25.8 Å². The number of halogens is 1. The Kier molecular flexibility index (Phi) is 6.57. The lowest BCUT2D eigenvalue weighted by Gasteiger charge is -2.07. The number of nitrogens with one attached hydrogen (secondary N) is 1. The molecule has 0 aliphatic rings. The van der Waals surface area contributed by atoms with E-state index in [-0.39, 0.29) is 11.3 Å². The van der Waals surface area contributed by atoms with Crippen LogP contribution in [0.1, 0.15) is 20.3 Å². The van der Waals surface area contributed by atoms with Gasteiger partial charge in [-0.05, 0) is 24.9 Å². The molecule has 7 heteroatoms. The largest absolute Gasteiger partial charge is 0.461 e. The third-order valence-electron chi connectivity index (χ3n) is 1.78. The summed E-state index contributed by atoms with van der Waals surface area (Å²) in [5, 5.41) is 3.13. The maximum atomic E-state index is 5.76. The van der Waals surface area contributed by atoms with Gasteiger partial charge in [-0.1, -0.05) is 6.92 Å². The number of nitrogens with zero attached hydrogens (tertiary/aromatic N) is 3. The molecule has 0 saturated heterocycles. The molecule has 0 aromatic carbocycles. The summed E-state index contributed by atoms with van der Waals surface area (Å²) in [7, 11) is 0. The smallest absolute Gasteiger partial charge is 0.322 e. The van der Waals surface area contributed by atoms with E-state index in [2.05, 4.69) is 27.2 Å². The molecule has 1 rings (SSSR count). The molecule has 0 spiro atoms. The Morgan fingerprint density at radius 3 is 2.71 bits per heavy atom. The van der Waals surface area contributed by atoms with Crippen molar-refractivity contribution in [3.63, 3.8) is 0 Å². The van der Waals surface area contributed by atoms with Crippen LogP contribution in [0.2, 0.25) is 5.28 Å². The molecular formula is C10H17ClN4O2. The Balaban J connectivity index is 2.50. The molecule has 0 aliphatic heterocycles. The molecule has 0 atom stereocenters. The number of anilines is 1. The van der Waals surface area contributed by atoms with Gasteiger partial charge in [0.25, 0.3) is 0 Å². The second-order valence-electron chi connectivity index (χ2n) is 3.18. The highest BCUT2D eigenvalue weighted by atomic mass is 35.5. The molecule has 0 bridgehead atoms. The molecule has 17 heavy (non-hydrogen) atoms. The van der Waals surface area contributed by atoms with Crippen molar-refractivity contribution >= 4 is 17.5 Å². The lowest BCUT2D eigenvalue weighted by atomic mass is 10.5. The van der Waals surface area contributed by atoms with E-state index in [1.54, 1.807) is 0 Å². The Hall–Kier alpha value is -1.14. The van der Waals surface area contributed by atoms with Gasteiger partial charge >= 0.3 is 6.01 Å². The Bertz CT molecular complexity index is 338. The Labute approximate surface area is 106 Å². The summed E-state index contributed by atoms with van der Waals surface area (Å²) in [6, 6.07) is 0.211. The van der Waals surface area contributed by atoms with E-state index >= 15 is 0 Å². The van der Waals surface area contributed by atoms with E-state index < -0.39 is 0 Å². The van der Waals surface area contributed by atoms with Crippen LogP contribution >= 0.6 is 11.6 Å².